The van der Waals surface area contributed by atoms with Crippen molar-refractivity contribution >= 4 is 34.7 Å². The number of likely N-dealkylation sites (tertiary alicyclic amines) is 1. The van der Waals surface area contributed by atoms with Gasteiger partial charge in [-0.25, -0.2) is 0 Å². The first kappa shape index (κ1) is 22.8. The molecule has 0 aliphatic carbocycles. The number of nitrogens with one attached hydrogen (secondary N) is 2. The maximum atomic E-state index is 12.8. The summed E-state index contributed by atoms with van der Waals surface area (Å²) in [7, 11) is 0. The molecule has 2 N–H and O–H groups in total. The van der Waals surface area contributed by atoms with Crippen LogP contribution in [0.2, 0.25) is 0 Å². The number of rotatable bonds is 8. The maximum absolute atomic E-state index is 12.8. The molecule has 1 fully saturated rings. The van der Waals surface area contributed by atoms with Crippen molar-refractivity contribution < 1.29 is 4.79 Å². The van der Waals surface area contributed by atoms with Gasteiger partial charge in [0.2, 0.25) is 0 Å². The van der Waals surface area contributed by atoms with Gasteiger partial charge in [0.05, 0.1) is 0 Å². The summed E-state index contributed by atoms with van der Waals surface area (Å²) in [6, 6.07) is 10.1. The number of hydrogen-bond acceptors (Lipinski definition) is 6. The molecule has 2 aromatic rings. The van der Waals surface area contributed by atoms with Crippen molar-refractivity contribution in [1.29, 1.82) is 5.26 Å². The highest BCUT2D eigenvalue weighted by molar-refractivity contribution is 7.07. The Hall–Kier alpha value is -2.89. The number of amides is 1. The fourth-order valence-corrected chi connectivity index (χ4v) is 4.78. The quantitative estimate of drug-likeness (QED) is 0.646. The number of carbonyl (C=O) groups excluding carboxylic acids is 1. The zero-order valence-electron chi connectivity index (χ0n) is 18.1. The normalized spacial score (nSPS) is 15.6. The molecule has 0 atom stereocenters. The molecule has 164 valence electrons. The number of hydrogen-bond donors (Lipinski definition) is 2. The Labute approximate surface area is 186 Å². The molecule has 0 bridgehead atoms. The Morgan fingerprint density at radius 3 is 2.74 bits per heavy atom. The second-order valence-electron chi connectivity index (χ2n) is 7.45. The molecule has 1 aliphatic rings. The summed E-state index contributed by atoms with van der Waals surface area (Å²) in [6.45, 7) is 7.86. The summed E-state index contributed by atoms with van der Waals surface area (Å²) >= 11 is 1.15. The van der Waals surface area contributed by atoms with E-state index in [0.29, 0.717) is 22.3 Å². The van der Waals surface area contributed by atoms with Crippen molar-refractivity contribution in [2.75, 3.05) is 31.5 Å². The van der Waals surface area contributed by atoms with Gasteiger partial charge in [-0.15, -0.1) is 11.3 Å². The van der Waals surface area contributed by atoms with Crippen LogP contribution < -0.4 is 25.4 Å². The zero-order valence-corrected chi connectivity index (χ0v) is 18.9. The number of thiazole rings is 1. The molecular formula is C23H29N5O2S. The second kappa shape index (κ2) is 10.9. The van der Waals surface area contributed by atoms with E-state index in [1.54, 1.807) is 13.1 Å². The van der Waals surface area contributed by atoms with Crippen molar-refractivity contribution in [2.45, 2.75) is 39.7 Å². The van der Waals surface area contributed by atoms with E-state index in [1.807, 2.05) is 25.1 Å². The molecule has 1 saturated heterocycles. The van der Waals surface area contributed by atoms with Crippen molar-refractivity contribution in [1.82, 2.24) is 14.8 Å². The smallest absolute Gasteiger partial charge is 0.270 e. The molecule has 1 aliphatic heterocycles. The number of carbonyl (C=O) groups is 1. The highest BCUT2D eigenvalue weighted by atomic mass is 32.1. The number of nitrogens with zero attached hydrogens (tertiary/aromatic N) is 3. The van der Waals surface area contributed by atoms with Crippen molar-refractivity contribution in [3.8, 4) is 6.07 Å². The molecular weight excluding hydrogens is 410 g/mol. The van der Waals surface area contributed by atoms with E-state index >= 15 is 0 Å². The first-order valence-electron chi connectivity index (χ1n) is 10.8. The number of benzene rings is 1. The predicted octanol–water partition coefficient (Wildman–Crippen LogP) is 1.23. The number of aromatic nitrogens is 1. The monoisotopic (exact) mass is 439 g/mol. The maximum Gasteiger partial charge on any atom is 0.270 e. The third-order valence-electron chi connectivity index (χ3n) is 5.33. The molecule has 0 unspecified atom stereocenters. The lowest BCUT2D eigenvalue weighted by atomic mass is 10.1. The predicted molar refractivity (Wildman–Crippen MR) is 125 cm³/mol. The van der Waals surface area contributed by atoms with Gasteiger partial charge >= 0.3 is 0 Å². The molecule has 3 rings (SSSR count). The standard InChI is InChI=1S/C23H29N5O2S/c1-3-25-21(29)19(15-24)23-28(4-2)22(30)20(31-23)16-26-18-9-7-8-17(14-18)10-13-27-11-5-6-12-27/h7-9,14,16,26H,3-6,10-13H2,1-2H3,(H,25,29). The topological polar surface area (TPSA) is 90.2 Å². The van der Waals surface area contributed by atoms with Gasteiger partial charge in [0.15, 0.2) is 5.57 Å². The average Bonchev–Trinajstić information content (AvgIpc) is 3.40. The molecule has 1 aromatic carbocycles. The van der Waals surface area contributed by atoms with Gasteiger partial charge in [0.25, 0.3) is 11.5 Å². The van der Waals surface area contributed by atoms with Crippen LogP contribution in [0.15, 0.2) is 29.1 Å². The van der Waals surface area contributed by atoms with Crippen LogP contribution in [-0.4, -0.2) is 41.6 Å². The van der Waals surface area contributed by atoms with Crippen LogP contribution in [0.4, 0.5) is 5.69 Å². The van der Waals surface area contributed by atoms with E-state index in [-0.39, 0.29) is 11.1 Å². The van der Waals surface area contributed by atoms with E-state index in [0.717, 1.165) is 30.0 Å². The van der Waals surface area contributed by atoms with E-state index in [4.69, 9.17) is 0 Å². The van der Waals surface area contributed by atoms with E-state index < -0.39 is 5.91 Å². The second-order valence-corrected chi connectivity index (χ2v) is 8.49. The molecule has 1 aromatic heterocycles. The van der Waals surface area contributed by atoms with Gasteiger partial charge in [0.1, 0.15) is 15.3 Å². The molecule has 0 spiro atoms. The Bertz CT molecular complexity index is 1140. The Kier molecular flexibility index (Phi) is 8.04. The van der Waals surface area contributed by atoms with Crippen LogP contribution in [0.5, 0.6) is 0 Å². The van der Waals surface area contributed by atoms with Crippen molar-refractivity contribution in [2.24, 2.45) is 0 Å². The lowest BCUT2D eigenvalue weighted by Gasteiger charge is -2.14. The minimum atomic E-state index is -0.460. The minimum Gasteiger partial charge on any atom is -0.360 e. The van der Waals surface area contributed by atoms with Crippen LogP contribution in [-0.2, 0) is 17.8 Å². The van der Waals surface area contributed by atoms with Crippen LogP contribution in [0.1, 0.15) is 32.3 Å². The van der Waals surface area contributed by atoms with E-state index in [2.05, 4.69) is 27.7 Å². The van der Waals surface area contributed by atoms with Gasteiger partial charge < -0.3 is 15.5 Å². The molecule has 0 saturated carbocycles. The van der Waals surface area contributed by atoms with Crippen LogP contribution in [0.25, 0.3) is 11.8 Å². The fourth-order valence-electron chi connectivity index (χ4n) is 3.70. The Balaban J connectivity index is 1.85. The summed E-state index contributed by atoms with van der Waals surface area (Å²) in [4.78, 5) is 27.5. The van der Waals surface area contributed by atoms with Crippen LogP contribution in [0, 0.1) is 11.3 Å². The van der Waals surface area contributed by atoms with Crippen LogP contribution in [0.3, 0.4) is 0 Å². The summed E-state index contributed by atoms with van der Waals surface area (Å²) in [5.74, 6) is -0.460. The molecule has 0 radical (unpaired) electrons. The summed E-state index contributed by atoms with van der Waals surface area (Å²) in [6.07, 6.45) is 5.24. The van der Waals surface area contributed by atoms with E-state index in [1.165, 1.54) is 36.1 Å². The highest BCUT2D eigenvalue weighted by Gasteiger charge is 2.14. The summed E-state index contributed by atoms with van der Waals surface area (Å²) in [5.41, 5.74) is 1.91. The third-order valence-corrected chi connectivity index (χ3v) is 6.46. The lowest BCUT2D eigenvalue weighted by molar-refractivity contribution is -0.115. The molecule has 1 amide bonds. The summed E-state index contributed by atoms with van der Waals surface area (Å²) < 4.78 is 2.31. The molecule has 31 heavy (non-hydrogen) atoms. The average molecular weight is 440 g/mol. The summed E-state index contributed by atoms with van der Waals surface area (Å²) in [5, 5.41) is 15.3. The van der Waals surface area contributed by atoms with Gasteiger partial charge in [0, 0.05) is 31.5 Å². The van der Waals surface area contributed by atoms with Crippen molar-refractivity contribution in [3.05, 3.63) is 49.4 Å². The van der Waals surface area contributed by atoms with Gasteiger partial charge in [-0.3, -0.25) is 14.2 Å². The van der Waals surface area contributed by atoms with Gasteiger partial charge in [-0.05, 0) is 63.9 Å². The Morgan fingerprint density at radius 2 is 2.06 bits per heavy atom. The molecule has 2 heterocycles. The Morgan fingerprint density at radius 1 is 1.29 bits per heavy atom. The van der Waals surface area contributed by atoms with Crippen LogP contribution >= 0.6 is 11.3 Å². The zero-order chi connectivity index (χ0) is 22.2. The fraction of sp³-hybridized carbons (Fsp3) is 0.435. The number of anilines is 1. The SMILES string of the molecule is CCNC(=O)C(C#N)=c1sc(=CNc2cccc(CCN3CCCC3)c2)c(=O)n1CC. The third kappa shape index (κ3) is 5.63. The van der Waals surface area contributed by atoms with Gasteiger partial charge in [-0.2, -0.15) is 5.26 Å². The van der Waals surface area contributed by atoms with Gasteiger partial charge in [-0.1, -0.05) is 12.1 Å². The minimum absolute atomic E-state index is 0.0330. The highest BCUT2D eigenvalue weighted by Crippen LogP contribution is 2.13. The largest absolute Gasteiger partial charge is 0.360 e. The van der Waals surface area contributed by atoms with Crippen molar-refractivity contribution in [3.63, 3.8) is 0 Å². The molecule has 8 heteroatoms. The lowest BCUT2D eigenvalue weighted by Crippen LogP contribution is -2.34. The molecule has 7 nitrogen and oxygen atoms in total. The van der Waals surface area contributed by atoms with E-state index in [9.17, 15) is 14.9 Å². The first-order valence-corrected chi connectivity index (χ1v) is 11.6. The first-order chi connectivity index (χ1) is 15.1. The number of nitriles is 1.